The molecule has 92 valence electrons. The van der Waals surface area contributed by atoms with Crippen LogP contribution in [0.1, 0.15) is 24.5 Å². The molecule has 3 amide bonds. The average Bonchev–Trinajstić information content (AvgIpc) is 2.67. The predicted octanol–water partition coefficient (Wildman–Crippen LogP) is 1.84. The third-order valence-electron chi connectivity index (χ3n) is 2.72. The van der Waals surface area contributed by atoms with Crippen molar-refractivity contribution in [1.29, 1.82) is 0 Å². The van der Waals surface area contributed by atoms with Gasteiger partial charge in [-0.3, -0.25) is 4.79 Å². The molecule has 17 heavy (non-hydrogen) atoms. The molecule has 0 spiro atoms. The topological polar surface area (TPSA) is 62.3 Å². The number of nitrogens with zero attached hydrogens (tertiary/aromatic N) is 2. The van der Waals surface area contributed by atoms with Crippen LogP contribution in [0.3, 0.4) is 0 Å². The molecule has 5 nitrogen and oxygen atoms in total. The van der Waals surface area contributed by atoms with Crippen LogP contribution in [0, 0.1) is 19.8 Å². The van der Waals surface area contributed by atoms with Gasteiger partial charge in [-0.2, -0.15) is 0 Å². The highest BCUT2D eigenvalue weighted by Gasteiger charge is 2.41. The number of carbonyl (C=O) groups is 2. The first-order valence-corrected chi connectivity index (χ1v) is 6.32. The Morgan fingerprint density at radius 3 is 2.41 bits per heavy atom. The van der Waals surface area contributed by atoms with Gasteiger partial charge in [0.25, 0.3) is 5.91 Å². The van der Waals surface area contributed by atoms with Crippen LogP contribution in [-0.2, 0) is 4.79 Å². The number of rotatable bonds is 2. The number of aromatic nitrogens is 1. The average molecular weight is 253 g/mol. The molecule has 1 aliphatic heterocycles. The molecule has 1 N–H and O–H groups in total. The van der Waals surface area contributed by atoms with Crippen molar-refractivity contribution in [1.82, 2.24) is 10.3 Å². The van der Waals surface area contributed by atoms with Crippen molar-refractivity contribution in [2.45, 2.75) is 33.7 Å². The van der Waals surface area contributed by atoms with E-state index in [1.54, 1.807) is 0 Å². The lowest BCUT2D eigenvalue weighted by Crippen LogP contribution is -2.34. The van der Waals surface area contributed by atoms with Crippen LogP contribution >= 0.6 is 11.3 Å². The van der Waals surface area contributed by atoms with Crippen LogP contribution in [0.15, 0.2) is 0 Å². The number of hydrogen-bond acceptors (Lipinski definition) is 4. The number of hydrogen-bond donors (Lipinski definition) is 1. The maximum atomic E-state index is 12.1. The lowest BCUT2D eigenvalue weighted by molar-refractivity contribution is -0.119. The van der Waals surface area contributed by atoms with Gasteiger partial charge in [-0.15, -0.1) is 11.3 Å². The van der Waals surface area contributed by atoms with Gasteiger partial charge in [0.2, 0.25) is 0 Å². The monoisotopic (exact) mass is 253 g/mol. The Kier molecular flexibility index (Phi) is 2.91. The quantitative estimate of drug-likeness (QED) is 0.818. The summed E-state index contributed by atoms with van der Waals surface area (Å²) < 4.78 is 0. The molecule has 1 aromatic heterocycles. The summed E-state index contributed by atoms with van der Waals surface area (Å²) in [6.45, 7) is 7.50. The molecule has 0 bridgehead atoms. The molecule has 1 unspecified atom stereocenters. The second-order valence-electron chi connectivity index (χ2n) is 4.47. The van der Waals surface area contributed by atoms with E-state index in [9.17, 15) is 9.59 Å². The zero-order chi connectivity index (χ0) is 12.7. The van der Waals surface area contributed by atoms with Gasteiger partial charge in [0.1, 0.15) is 11.0 Å². The number of thiazole rings is 1. The van der Waals surface area contributed by atoms with Gasteiger partial charge in [0, 0.05) is 0 Å². The van der Waals surface area contributed by atoms with Crippen LogP contribution in [0.5, 0.6) is 0 Å². The summed E-state index contributed by atoms with van der Waals surface area (Å²) in [5.41, 5.74) is 0.723. The molecule has 0 aromatic carbocycles. The first-order valence-electron chi connectivity index (χ1n) is 5.50. The fourth-order valence-electron chi connectivity index (χ4n) is 1.87. The molecule has 2 rings (SSSR count). The summed E-state index contributed by atoms with van der Waals surface area (Å²) >= 11 is 1.37. The Morgan fingerprint density at radius 2 is 2.00 bits per heavy atom. The Bertz CT molecular complexity index is 481. The van der Waals surface area contributed by atoms with Crippen LogP contribution in [-0.4, -0.2) is 23.0 Å². The standard InChI is InChI=1S/C11H15N3O2S/c1-5(2)8-9(15)14(11(16)13-8)10-6(3)12-7(4)17-10/h5,8H,1-4H3,(H,13,16). The molecule has 1 saturated heterocycles. The fraction of sp³-hybridized carbons (Fsp3) is 0.545. The molecule has 2 heterocycles. The minimum Gasteiger partial charge on any atom is -0.325 e. The summed E-state index contributed by atoms with van der Waals surface area (Å²) in [6.07, 6.45) is 0. The number of anilines is 1. The van der Waals surface area contributed by atoms with Gasteiger partial charge in [-0.05, 0) is 19.8 Å². The summed E-state index contributed by atoms with van der Waals surface area (Å²) in [7, 11) is 0. The van der Waals surface area contributed by atoms with Gasteiger partial charge in [-0.25, -0.2) is 14.7 Å². The van der Waals surface area contributed by atoms with Crippen molar-refractivity contribution in [2.75, 3.05) is 4.90 Å². The van der Waals surface area contributed by atoms with E-state index in [-0.39, 0.29) is 17.9 Å². The number of amides is 3. The summed E-state index contributed by atoms with van der Waals surface area (Å²) in [5, 5.41) is 4.19. The molecular formula is C11H15N3O2S. The lowest BCUT2D eigenvalue weighted by Gasteiger charge is -2.13. The number of nitrogens with one attached hydrogen (secondary N) is 1. The summed E-state index contributed by atoms with van der Waals surface area (Å²) in [4.78, 5) is 29.4. The summed E-state index contributed by atoms with van der Waals surface area (Å²) in [5.74, 6) is -0.0949. The Balaban J connectivity index is 2.37. The van der Waals surface area contributed by atoms with Crippen molar-refractivity contribution in [3.8, 4) is 0 Å². The van der Waals surface area contributed by atoms with Gasteiger partial charge in [0.15, 0.2) is 0 Å². The van der Waals surface area contributed by atoms with Gasteiger partial charge in [-0.1, -0.05) is 13.8 Å². The van der Waals surface area contributed by atoms with Gasteiger partial charge < -0.3 is 5.32 Å². The highest BCUT2D eigenvalue weighted by Crippen LogP contribution is 2.31. The van der Waals surface area contributed by atoms with Crippen molar-refractivity contribution in [3.63, 3.8) is 0 Å². The van der Waals surface area contributed by atoms with Crippen LogP contribution < -0.4 is 10.2 Å². The summed E-state index contributed by atoms with van der Waals surface area (Å²) in [6, 6.07) is -0.773. The first-order chi connectivity index (χ1) is 7.91. The lowest BCUT2D eigenvalue weighted by atomic mass is 10.1. The second-order valence-corrected chi connectivity index (χ2v) is 5.65. The normalized spacial score (nSPS) is 20.3. The third kappa shape index (κ3) is 1.93. The molecular weight excluding hydrogens is 238 g/mol. The third-order valence-corrected chi connectivity index (χ3v) is 3.78. The molecule has 1 aliphatic rings. The van der Waals surface area contributed by atoms with E-state index in [1.165, 1.54) is 16.2 Å². The number of imide groups is 1. The van der Waals surface area contributed by atoms with Gasteiger partial charge in [0.05, 0.1) is 10.7 Å². The van der Waals surface area contributed by atoms with Crippen LogP contribution in [0.25, 0.3) is 0 Å². The molecule has 0 aliphatic carbocycles. The van der Waals surface area contributed by atoms with E-state index in [4.69, 9.17) is 0 Å². The van der Waals surface area contributed by atoms with Gasteiger partial charge >= 0.3 is 6.03 Å². The highest BCUT2D eigenvalue weighted by molar-refractivity contribution is 7.16. The zero-order valence-corrected chi connectivity index (χ0v) is 11.1. The molecule has 1 atom stereocenters. The minimum absolute atomic E-state index is 0.0887. The minimum atomic E-state index is -0.427. The van der Waals surface area contributed by atoms with E-state index in [0.717, 1.165) is 10.7 Å². The Morgan fingerprint density at radius 1 is 1.35 bits per heavy atom. The van der Waals surface area contributed by atoms with Crippen LogP contribution in [0.2, 0.25) is 0 Å². The number of aryl methyl sites for hydroxylation is 2. The maximum absolute atomic E-state index is 12.1. The zero-order valence-electron chi connectivity index (χ0n) is 10.3. The van der Waals surface area contributed by atoms with E-state index in [2.05, 4.69) is 10.3 Å². The Hall–Kier alpha value is -1.43. The van der Waals surface area contributed by atoms with Crippen molar-refractivity contribution in [3.05, 3.63) is 10.7 Å². The van der Waals surface area contributed by atoms with Crippen molar-refractivity contribution in [2.24, 2.45) is 5.92 Å². The largest absolute Gasteiger partial charge is 0.330 e. The number of urea groups is 1. The molecule has 1 fully saturated rings. The SMILES string of the molecule is Cc1nc(C)c(N2C(=O)NC(C(C)C)C2=O)s1. The van der Waals surface area contributed by atoms with Crippen LogP contribution in [0.4, 0.5) is 9.80 Å². The second kappa shape index (κ2) is 4.10. The first kappa shape index (κ1) is 12.0. The van der Waals surface area contributed by atoms with E-state index in [1.807, 2.05) is 27.7 Å². The Labute approximate surface area is 104 Å². The molecule has 6 heteroatoms. The smallest absolute Gasteiger partial charge is 0.325 e. The van der Waals surface area contributed by atoms with E-state index >= 15 is 0 Å². The predicted molar refractivity (Wildman–Crippen MR) is 66.2 cm³/mol. The molecule has 0 saturated carbocycles. The van der Waals surface area contributed by atoms with Crippen molar-refractivity contribution >= 4 is 28.3 Å². The van der Waals surface area contributed by atoms with Crippen molar-refractivity contribution < 1.29 is 9.59 Å². The maximum Gasteiger partial charge on any atom is 0.330 e. The van der Waals surface area contributed by atoms with E-state index in [0.29, 0.717) is 5.00 Å². The number of carbonyl (C=O) groups excluding carboxylic acids is 2. The molecule has 1 aromatic rings. The fourth-order valence-corrected chi connectivity index (χ4v) is 2.79. The molecule has 0 radical (unpaired) electrons. The highest BCUT2D eigenvalue weighted by atomic mass is 32.1. The van der Waals surface area contributed by atoms with E-state index < -0.39 is 6.04 Å².